The van der Waals surface area contributed by atoms with E-state index in [-0.39, 0.29) is 6.04 Å². The molecule has 0 radical (unpaired) electrons. The minimum atomic E-state index is 0.148. The van der Waals surface area contributed by atoms with Gasteiger partial charge in [-0.2, -0.15) is 4.98 Å². The molecule has 0 spiro atoms. The molecule has 3 aromatic carbocycles. The minimum Gasteiger partial charge on any atom is -0.338 e. The van der Waals surface area contributed by atoms with Crippen molar-refractivity contribution in [1.82, 2.24) is 15.5 Å². The monoisotopic (exact) mass is 389 g/mol. The van der Waals surface area contributed by atoms with E-state index in [1.54, 1.807) is 0 Å². The Labute approximate surface area is 169 Å². The fraction of sp³-hybridized carbons (Fsp3) is 0.130. The molecule has 4 rings (SSSR count). The summed E-state index contributed by atoms with van der Waals surface area (Å²) >= 11 is 5.94. The molecule has 0 aliphatic rings. The van der Waals surface area contributed by atoms with Crippen molar-refractivity contribution in [2.24, 2.45) is 0 Å². The summed E-state index contributed by atoms with van der Waals surface area (Å²) in [6.45, 7) is 0.493. The highest BCUT2D eigenvalue weighted by Gasteiger charge is 2.14. The van der Waals surface area contributed by atoms with Gasteiger partial charge in [-0.3, -0.25) is 0 Å². The van der Waals surface area contributed by atoms with Crippen LogP contribution in [0.2, 0.25) is 5.02 Å². The molecule has 140 valence electrons. The van der Waals surface area contributed by atoms with E-state index >= 15 is 0 Å². The Morgan fingerprint density at radius 2 is 1.54 bits per heavy atom. The van der Waals surface area contributed by atoms with E-state index < -0.39 is 0 Å². The number of hydrogen-bond acceptors (Lipinski definition) is 4. The topological polar surface area (TPSA) is 51.0 Å². The van der Waals surface area contributed by atoms with E-state index in [0.29, 0.717) is 23.3 Å². The average molecular weight is 390 g/mol. The van der Waals surface area contributed by atoms with Crippen molar-refractivity contribution < 1.29 is 4.52 Å². The van der Waals surface area contributed by atoms with Crippen LogP contribution in [0.5, 0.6) is 0 Å². The molecule has 28 heavy (non-hydrogen) atoms. The molecule has 0 aliphatic carbocycles. The van der Waals surface area contributed by atoms with Gasteiger partial charge < -0.3 is 9.84 Å². The zero-order valence-corrected chi connectivity index (χ0v) is 16.0. The van der Waals surface area contributed by atoms with Crippen LogP contribution in [0.25, 0.3) is 11.4 Å². The van der Waals surface area contributed by atoms with Crippen molar-refractivity contribution in [3.8, 4) is 11.4 Å². The van der Waals surface area contributed by atoms with Crippen molar-refractivity contribution in [3.63, 3.8) is 0 Å². The van der Waals surface area contributed by atoms with Crippen LogP contribution in [-0.4, -0.2) is 10.1 Å². The maximum atomic E-state index is 5.94. The average Bonchev–Trinajstić information content (AvgIpc) is 3.22. The van der Waals surface area contributed by atoms with Crippen molar-refractivity contribution in [3.05, 3.63) is 107 Å². The van der Waals surface area contributed by atoms with Crippen molar-refractivity contribution in [2.75, 3.05) is 0 Å². The second kappa shape index (κ2) is 8.83. The van der Waals surface area contributed by atoms with Gasteiger partial charge in [0.25, 0.3) is 0 Å². The lowest BCUT2D eigenvalue weighted by Crippen LogP contribution is -2.23. The predicted molar refractivity (Wildman–Crippen MR) is 111 cm³/mol. The fourth-order valence-electron chi connectivity index (χ4n) is 3.10. The molecular formula is C23H20ClN3O. The van der Waals surface area contributed by atoms with E-state index in [1.807, 2.05) is 36.4 Å². The van der Waals surface area contributed by atoms with Gasteiger partial charge in [0.2, 0.25) is 11.7 Å². The van der Waals surface area contributed by atoms with E-state index in [1.165, 1.54) is 11.1 Å². The zero-order valence-electron chi connectivity index (χ0n) is 15.3. The van der Waals surface area contributed by atoms with Gasteiger partial charge in [0.1, 0.15) is 0 Å². The molecule has 1 heterocycles. The standard InChI is InChI=1S/C23H20ClN3O/c24-20-13-11-19(12-14-20)23-26-22(28-27-23)16-25-21(18-9-5-2-6-10-18)15-17-7-3-1-4-8-17/h1-14,21,25H,15-16H2. The number of benzene rings is 3. The molecule has 1 atom stereocenters. The number of aromatic nitrogens is 2. The maximum absolute atomic E-state index is 5.94. The van der Waals surface area contributed by atoms with E-state index in [2.05, 4.69) is 64.0 Å². The Hall–Kier alpha value is -2.95. The number of hydrogen-bond donors (Lipinski definition) is 1. The molecule has 0 fully saturated rings. The maximum Gasteiger partial charge on any atom is 0.240 e. The Kier molecular flexibility index (Phi) is 5.80. The first-order chi connectivity index (χ1) is 13.8. The van der Waals surface area contributed by atoms with Gasteiger partial charge in [0.15, 0.2) is 0 Å². The Balaban J connectivity index is 1.48. The highest BCUT2D eigenvalue weighted by atomic mass is 35.5. The first-order valence-corrected chi connectivity index (χ1v) is 9.56. The molecule has 0 amide bonds. The molecule has 1 N–H and O–H groups in total. The summed E-state index contributed by atoms with van der Waals surface area (Å²) < 4.78 is 5.43. The molecule has 0 saturated heterocycles. The Bertz CT molecular complexity index is 1000. The van der Waals surface area contributed by atoms with Crippen LogP contribution in [0.4, 0.5) is 0 Å². The summed E-state index contributed by atoms with van der Waals surface area (Å²) in [6, 6.07) is 28.4. The lowest BCUT2D eigenvalue weighted by molar-refractivity contribution is 0.357. The third-order valence-corrected chi connectivity index (χ3v) is 4.81. The second-order valence-electron chi connectivity index (χ2n) is 6.55. The SMILES string of the molecule is Clc1ccc(-c2noc(CNC(Cc3ccccc3)c3ccccc3)n2)cc1. The summed E-state index contributed by atoms with van der Waals surface area (Å²) in [5.41, 5.74) is 3.38. The van der Waals surface area contributed by atoms with Crippen LogP contribution in [0.15, 0.2) is 89.5 Å². The minimum absolute atomic E-state index is 0.148. The first kappa shape index (κ1) is 18.4. The molecule has 0 aliphatic heterocycles. The smallest absolute Gasteiger partial charge is 0.240 e. The van der Waals surface area contributed by atoms with Gasteiger partial charge in [0.05, 0.1) is 6.54 Å². The Morgan fingerprint density at radius 1 is 0.857 bits per heavy atom. The summed E-state index contributed by atoms with van der Waals surface area (Å²) in [7, 11) is 0. The Morgan fingerprint density at radius 3 is 2.25 bits per heavy atom. The van der Waals surface area contributed by atoms with Crippen LogP contribution in [-0.2, 0) is 13.0 Å². The molecule has 5 heteroatoms. The van der Waals surface area contributed by atoms with Crippen molar-refractivity contribution in [1.29, 1.82) is 0 Å². The lowest BCUT2D eigenvalue weighted by Gasteiger charge is -2.18. The third-order valence-electron chi connectivity index (χ3n) is 4.55. The number of rotatable bonds is 7. The van der Waals surface area contributed by atoms with Gasteiger partial charge in [-0.25, -0.2) is 0 Å². The molecule has 1 aromatic heterocycles. The van der Waals surface area contributed by atoms with E-state index in [4.69, 9.17) is 16.1 Å². The normalized spacial score (nSPS) is 12.0. The predicted octanol–water partition coefficient (Wildman–Crippen LogP) is 5.46. The molecular weight excluding hydrogens is 370 g/mol. The van der Waals surface area contributed by atoms with Crippen molar-refractivity contribution in [2.45, 2.75) is 19.0 Å². The van der Waals surface area contributed by atoms with Crippen LogP contribution >= 0.6 is 11.6 Å². The van der Waals surface area contributed by atoms with E-state index in [9.17, 15) is 0 Å². The number of nitrogens with zero attached hydrogens (tertiary/aromatic N) is 2. The molecule has 0 bridgehead atoms. The molecule has 4 nitrogen and oxygen atoms in total. The van der Waals surface area contributed by atoms with Crippen LogP contribution < -0.4 is 5.32 Å². The third kappa shape index (κ3) is 4.66. The van der Waals surface area contributed by atoms with E-state index in [0.717, 1.165) is 12.0 Å². The van der Waals surface area contributed by atoms with Crippen LogP contribution in [0, 0.1) is 0 Å². The summed E-state index contributed by atoms with van der Waals surface area (Å²) in [5, 5.41) is 8.32. The van der Waals surface area contributed by atoms with Crippen LogP contribution in [0.1, 0.15) is 23.1 Å². The summed E-state index contributed by atoms with van der Waals surface area (Å²) in [5.74, 6) is 1.12. The van der Waals surface area contributed by atoms with Crippen LogP contribution in [0.3, 0.4) is 0 Å². The second-order valence-corrected chi connectivity index (χ2v) is 6.99. The quantitative estimate of drug-likeness (QED) is 0.455. The lowest BCUT2D eigenvalue weighted by atomic mass is 9.99. The van der Waals surface area contributed by atoms with Gasteiger partial charge in [-0.1, -0.05) is 77.4 Å². The largest absolute Gasteiger partial charge is 0.338 e. The molecule has 4 aromatic rings. The summed E-state index contributed by atoms with van der Waals surface area (Å²) in [4.78, 5) is 4.50. The number of halogens is 1. The number of nitrogens with one attached hydrogen (secondary N) is 1. The highest BCUT2D eigenvalue weighted by molar-refractivity contribution is 6.30. The van der Waals surface area contributed by atoms with Gasteiger partial charge in [-0.05, 0) is 41.8 Å². The highest BCUT2D eigenvalue weighted by Crippen LogP contribution is 2.21. The van der Waals surface area contributed by atoms with Gasteiger partial charge in [-0.15, -0.1) is 0 Å². The summed E-state index contributed by atoms with van der Waals surface area (Å²) in [6.07, 6.45) is 0.878. The zero-order chi connectivity index (χ0) is 19.2. The molecule has 0 saturated carbocycles. The van der Waals surface area contributed by atoms with Gasteiger partial charge >= 0.3 is 0 Å². The van der Waals surface area contributed by atoms with Gasteiger partial charge in [0, 0.05) is 16.6 Å². The molecule has 1 unspecified atom stereocenters. The fourth-order valence-corrected chi connectivity index (χ4v) is 3.22. The van der Waals surface area contributed by atoms with Crippen molar-refractivity contribution >= 4 is 11.6 Å². The first-order valence-electron chi connectivity index (χ1n) is 9.19.